The van der Waals surface area contributed by atoms with Crippen LogP contribution in [-0.4, -0.2) is 48.9 Å². The largest absolute Gasteiger partial charge is 0.467 e. The normalized spacial score (nSPS) is 13.7. The predicted octanol–water partition coefficient (Wildman–Crippen LogP) is 3.26. The second kappa shape index (κ2) is 13.6. The molecule has 0 fully saturated rings. The summed E-state index contributed by atoms with van der Waals surface area (Å²) in [5, 5.41) is 8.50. The zero-order chi connectivity index (χ0) is 27.6. The van der Waals surface area contributed by atoms with Crippen LogP contribution in [0, 0.1) is 11.3 Å². The first kappa shape index (κ1) is 29.5. The van der Waals surface area contributed by atoms with Crippen molar-refractivity contribution in [2.45, 2.75) is 65.6 Å². The summed E-state index contributed by atoms with van der Waals surface area (Å²) in [5.41, 5.74) is 0.269. The third-order valence-corrected chi connectivity index (χ3v) is 6.33. The maximum Gasteiger partial charge on any atom is 0.328 e. The van der Waals surface area contributed by atoms with Crippen molar-refractivity contribution in [3.63, 3.8) is 0 Å². The molecule has 8 nitrogen and oxygen atoms in total. The van der Waals surface area contributed by atoms with Gasteiger partial charge in [0.2, 0.25) is 11.8 Å². The van der Waals surface area contributed by atoms with Gasteiger partial charge in [0.1, 0.15) is 12.1 Å². The number of ether oxygens (including phenoxy) is 1. The number of amides is 3. The van der Waals surface area contributed by atoms with Crippen LogP contribution in [0.4, 0.5) is 0 Å². The topological polar surface area (TPSA) is 114 Å². The van der Waals surface area contributed by atoms with E-state index in [1.165, 1.54) is 7.11 Å². The van der Waals surface area contributed by atoms with Crippen LogP contribution in [0.15, 0.2) is 60.7 Å². The number of nitrogens with one attached hydrogen (secondary N) is 3. The van der Waals surface area contributed by atoms with Crippen LogP contribution in [0.2, 0.25) is 0 Å². The highest BCUT2D eigenvalue weighted by molar-refractivity contribution is 5.97. The van der Waals surface area contributed by atoms with E-state index in [1.54, 1.807) is 51.1 Å². The first-order valence-electron chi connectivity index (χ1n) is 12.5. The van der Waals surface area contributed by atoms with Crippen molar-refractivity contribution in [3.05, 3.63) is 71.8 Å². The summed E-state index contributed by atoms with van der Waals surface area (Å²) >= 11 is 0. The van der Waals surface area contributed by atoms with Gasteiger partial charge in [-0.05, 0) is 50.8 Å². The minimum Gasteiger partial charge on any atom is -0.467 e. The summed E-state index contributed by atoms with van der Waals surface area (Å²) in [6.45, 7) is 9.07. The predicted molar refractivity (Wildman–Crippen MR) is 143 cm³/mol. The molecule has 2 rings (SSSR count). The summed E-state index contributed by atoms with van der Waals surface area (Å²) in [6, 6.07) is 15.7. The molecule has 0 heterocycles. The molecule has 8 heteroatoms. The smallest absolute Gasteiger partial charge is 0.328 e. The molecule has 0 aromatic heterocycles. The van der Waals surface area contributed by atoms with Crippen molar-refractivity contribution < 1.29 is 23.9 Å². The maximum atomic E-state index is 13.5. The van der Waals surface area contributed by atoms with E-state index < -0.39 is 35.4 Å². The molecule has 0 aliphatic carbocycles. The van der Waals surface area contributed by atoms with Crippen LogP contribution in [0.25, 0.3) is 0 Å². The lowest BCUT2D eigenvalue weighted by atomic mass is 9.78. The lowest BCUT2D eigenvalue weighted by Gasteiger charge is -2.36. The van der Waals surface area contributed by atoms with Crippen molar-refractivity contribution in [1.29, 1.82) is 0 Å². The number of rotatable bonds is 12. The number of methoxy groups -OCH3 is 1. The highest BCUT2D eigenvalue weighted by Gasteiger charge is 2.40. The van der Waals surface area contributed by atoms with Crippen LogP contribution in [0.5, 0.6) is 0 Å². The van der Waals surface area contributed by atoms with E-state index in [0.29, 0.717) is 12.0 Å². The summed E-state index contributed by atoms with van der Waals surface area (Å²) in [4.78, 5) is 51.5. The Morgan fingerprint density at radius 2 is 1.41 bits per heavy atom. The van der Waals surface area contributed by atoms with Crippen molar-refractivity contribution in [3.8, 4) is 0 Å². The maximum absolute atomic E-state index is 13.5. The first-order valence-corrected chi connectivity index (χ1v) is 12.5. The minimum absolute atomic E-state index is 0.173. The fraction of sp³-hybridized carbons (Fsp3) is 0.448. The third kappa shape index (κ3) is 8.74. The number of hydrogen-bond acceptors (Lipinski definition) is 5. The Kier molecular flexibility index (Phi) is 10.8. The van der Waals surface area contributed by atoms with E-state index >= 15 is 0 Å². The Balaban J connectivity index is 2.15. The van der Waals surface area contributed by atoms with Crippen LogP contribution < -0.4 is 16.0 Å². The molecule has 0 saturated heterocycles. The molecule has 0 aliphatic rings. The van der Waals surface area contributed by atoms with Gasteiger partial charge >= 0.3 is 5.97 Å². The zero-order valence-corrected chi connectivity index (χ0v) is 22.5. The summed E-state index contributed by atoms with van der Waals surface area (Å²) in [6.07, 6.45) is 0.798. The molecule has 0 radical (unpaired) electrons. The molecule has 0 aliphatic heterocycles. The second-order valence-electron chi connectivity index (χ2n) is 10.2. The van der Waals surface area contributed by atoms with E-state index in [9.17, 15) is 19.2 Å². The number of carbonyl (C=O) groups excluding carboxylic acids is 4. The molecule has 0 unspecified atom stereocenters. The Hall–Kier alpha value is -3.68. The standard InChI is InChI=1S/C29H39N3O5/c1-19(2)17-24(32-25(33)20(3)30-26(34)22-15-11-8-12-16-22)29(4,5)28(36)31-23(27(35)37-6)18-21-13-9-7-10-14-21/h7-16,19-20,23-24H,17-18H2,1-6H3,(H,30,34)(H,31,36)(H,32,33)/t20-,23-,24+/m0/s1. The number of carbonyl (C=O) groups is 4. The van der Waals surface area contributed by atoms with E-state index in [4.69, 9.17) is 4.74 Å². The molecular weight excluding hydrogens is 470 g/mol. The van der Waals surface area contributed by atoms with E-state index in [1.807, 2.05) is 44.2 Å². The SMILES string of the molecule is COC(=O)[C@H](Cc1ccccc1)NC(=O)C(C)(C)[C@@H](CC(C)C)NC(=O)[C@H](C)NC(=O)c1ccccc1. The zero-order valence-electron chi connectivity index (χ0n) is 22.5. The molecule has 0 bridgehead atoms. The lowest BCUT2D eigenvalue weighted by molar-refractivity contribution is -0.147. The van der Waals surface area contributed by atoms with Crippen molar-refractivity contribution in [1.82, 2.24) is 16.0 Å². The van der Waals surface area contributed by atoms with Crippen molar-refractivity contribution in [2.75, 3.05) is 7.11 Å². The Morgan fingerprint density at radius 1 is 0.838 bits per heavy atom. The van der Waals surface area contributed by atoms with Gasteiger partial charge in [0, 0.05) is 18.0 Å². The van der Waals surface area contributed by atoms with Crippen molar-refractivity contribution in [2.24, 2.45) is 11.3 Å². The molecule has 3 N–H and O–H groups in total. The molecule has 2 aromatic carbocycles. The van der Waals surface area contributed by atoms with Gasteiger partial charge < -0.3 is 20.7 Å². The molecule has 2 aromatic rings. The number of hydrogen-bond donors (Lipinski definition) is 3. The van der Waals surface area contributed by atoms with E-state index in [-0.39, 0.29) is 24.2 Å². The summed E-state index contributed by atoms with van der Waals surface area (Å²) < 4.78 is 4.93. The Bertz CT molecular complexity index is 1050. The summed E-state index contributed by atoms with van der Waals surface area (Å²) in [5.74, 6) is -1.51. The van der Waals surface area contributed by atoms with Gasteiger partial charge in [-0.15, -0.1) is 0 Å². The Morgan fingerprint density at radius 3 is 1.95 bits per heavy atom. The fourth-order valence-corrected chi connectivity index (χ4v) is 3.92. The molecular formula is C29H39N3O5. The van der Waals surface area contributed by atoms with E-state index in [2.05, 4.69) is 16.0 Å². The molecule has 0 spiro atoms. The average Bonchev–Trinajstić information content (AvgIpc) is 2.88. The van der Waals surface area contributed by atoms with Crippen molar-refractivity contribution >= 4 is 23.7 Å². The average molecular weight is 510 g/mol. The fourth-order valence-electron chi connectivity index (χ4n) is 3.92. The third-order valence-electron chi connectivity index (χ3n) is 6.33. The number of benzene rings is 2. The second-order valence-corrected chi connectivity index (χ2v) is 10.2. The van der Waals surface area contributed by atoms with Crippen LogP contribution >= 0.6 is 0 Å². The molecule has 37 heavy (non-hydrogen) atoms. The monoisotopic (exact) mass is 509 g/mol. The minimum atomic E-state index is -1.06. The number of esters is 1. The van der Waals surface area contributed by atoms with Gasteiger partial charge in [0.15, 0.2) is 0 Å². The summed E-state index contributed by atoms with van der Waals surface area (Å²) in [7, 11) is 1.28. The van der Waals surface area contributed by atoms with Crippen LogP contribution in [0.1, 0.15) is 57.0 Å². The van der Waals surface area contributed by atoms with Crippen LogP contribution in [-0.2, 0) is 25.5 Å². The lowest BCUT2D eigenvalue weighted by Crippen LogP contribution is -2.58. The molecule has 200 valence electrons. The highest BCUT2D eigenvalue weighted by Crippen LogP contribution is 2.27. The van der Waals surface area contributed by atoms with Gasteiger partial charge in [-0.3, -0.25) is 14.4 Å². The van der Waals surface area contributed by atoms with Gasteiger partial charge in [0.05, 0.1) is 12.5 Å². The highest BCUT2D eigenvalue weighted by atomic mass is 16.5. The quantitative estimate of drug-likeness (QED) is 0.380. The first-order chi connectivity index (χ1) is 17.4. The van der Waals surface area contributed by atoms with Gasteiger partial charge in [-0.25, -0.2) is 4.79 Å². The molecule has 0 saturated carbocycles. The molecule has 3 atom stereocenters. The van der Waals surface area contributed by atoms with Gasteiger partial charge in [-0.2, -0.15) is 0 Å². The van der Waals surface area contributed by atoms with Gasteiger partial charge in [-0.1, -0.05) is 62.4 Å². The molecule has 3 amide bonds. The van der Waals surface area contributed by atoms with E-state index in [0.717, 1.165) is 5.56 Å². The van der Waals surface area contributed by atoms with Gasteiger partial charge in [0.25, 0.3) is 5.91 Å². The van der Waals surface area contributed by atoms with Crippen LogP contribution in [0.3, 0.4) is 0 Å². The Labute approximate surface area is 219 Å².